The second-order valence-corrected chi connectivity index (χ2v) is 13.3. The Morgan fingerprint density at radius 1 is 0.310 bits per heavy atom. The van der Waals surface area contributed by atoms with Gasteiger partial charge >= 0.3 is 0 Å². The summed E-state index contributed by atoms with van der Waals surface area (Å²) in [7, 11) is 3.81. The van der Waals surface area contributed by atoms with Crippen molar-refractivity contribution in [1.82, 2.24) is 94.6 Å². The summed E-state index contributed by atoms with van der Waals surface area (Å²) in [6.45, 7) is 55.5. The van der Waals surface area contributed by atoms with Gasteiger partial charge in [0.1, 0.15) is 37.0 Å². The van der Waals surface area contributed by atoms with Gasteiger partial charge in [0.2, 0.25) is 0 Å². The molecule has 19 heteroatoms. The van der Waals surface area contributed by atoms with Crippen LogP contribution in [-0.4, -0.2) is 94.6 Å². The molecule has 1 N–H and O–H groups in total. The molecule has 0 aromatic carbocycles. The van der Waals surface area contributed by atoms with Gasteiger partial charge in [-0.1, -0.05) is 151 Å². The van der Waals surface area contributed by atoms with E-state index in [-0.39, 0.29) is 0 Å². The third-order valence-corrected chi connectivity index (χ3v) is 7.00. The fraction of sp³-hybridized carbons (Fsp3) is 0.441. The van der Waals surface area contributed by atoms with Crippen LogP contribution in [0.5, 0.6) is 0 Å². The minimum Gasteiger partial charge on any atom is -0.341 e. The number of nitrogens with zero attached hydrogens (tertiary/aromatic N) is 18. The molecule has 0 atom stereocenters. The number of nitrogens with one attached hydrogen (secondary N) is 1. The van der Waals surface area contributed by atoms with Crippen LogP contribution in [0.4, 0.5) is 0 Å². The van der Waals surface area contributed by atoms with Gasteiger partial charge in [-0.15, -0.1) is 10.2 Å². The highest BCUT2D eigenvalue weighted by Gasteiger charge is 1.79. The third-order valence-electron chi connectivity index (χ3n) is 7.00. The van der Waals surface area contributed by atoms with Gasteiger partial charge < -0.3 is 9.13 Å². The Balaban J connectivity index is -0.0000000917. The Hall–Kier alpha value is -8.74. The lowest BCUT2D eigenvalue weighted by atomic mass is 10.3. The van der Waals surface area contributed by atoms with Gasteiger partial charge in [0.05, 0.1) is 17.7 Å². The number of aromatic nitrogens is 19. The van der Waals surface area contributed by atoms with Gasteiger partial charge in [0.15, 0.2) is 0 Å². The number of imidazole rings is 1. The van der Waals surface area contributed by atoms with Crippen molar-refractivity contribution in [2.24, 2.45) is 14.1 Å². The summed E-state index contributed by atoms with van der Waals surface area (Å²) in [6.07, 6.45) is 32.5. The molecule has 87 heavy (non-hydrogen) atoms. The average Bonchev–Trinajstić information content (AvgIpc) is 4.43. The molecular weight excluding hydrogens is 1080 g/mol. The highest BCUT2D eigenvalue weighted by Crippen LogP contribution is 1.90. The Morgan fingerprint density at radius 2 is 0.816 bits per heavy atom. The molecule has 0 saturated carbocycles. The van der Waals surface area contributed by atoms with Crippen molar-refractivity contribution >= 4 is 0 Å². The number of H-pyrrole nitrogens is 1. The first-order valence-electron chi connectivity index (χ1n) is 30.5. The van der Waals surface area contributed by atoms with Gasteiger partial charge in [0, 0.05) is 112 Å². The molecule has 0 bridgehead atoms. The monoisotopic (exact) mass is 1200 g/mol. The summed E-state index contributed by atoms with van der Waals surface area (Å²) in [5, 5.41) is 20.7. The third kappa shape index (κ3) is 93.9. The van der Waals surface area contributed by atoms with Gasteiger partial charge in [-0.2, -0.15) is 15.3 Å². The summed E-state index contributed by atoms with van der Waals surface area (Å²) in [5.41, 5.74) is 6.47. The van der Waals surface area contributed by atoms with Crippen LogP contribution in [0.2, 0.25) is 0 Å². The first kappa shape index (κ1) is 100. The zero-order chi connectivity index (χ0) is 69.0. The molecule has 0 aliphatic heterocycles. The molecule has 0 radical (unpaired) electrons. The van der Waals surface area contributed by atoms with Gasteiger partial charge in [-0.05, 0) is 121 Å². The quantitative estimate of drug-likeness (QED) is 0.149. The number of aryl methyl sites for hydroxylation is 10. The molecule has 0 aliphatic rings. The molecule has 10 aromatic heterocycles. The topological polar surface area (TPSA) is 232 Å². The summed E-state index contributed by atoms with van der Waals surface area (Å²) in [4.78, 5) is 42.3. The Labute approximate surface area is 530 Å². The number of rotatable bonds is 0. The van der Waals surface area contributed by atoms with Crippen molar-refractivity contribution in [1.29, 1.82) is 0 Å². The fourth-order valence-electron chi connectivity index (χ4n) is 3.65. The highest BCUT2D eigenvalue weighted by atomic mass is 15.2. The van der Waals surface area contributed by atoms with Crippen molar-refractivity contribution in [3.05, 3.63) is 231 Å². The second-order valence-electron chi connectivity index (χ2n) is 13.3. The largest absolute Gasteiger partial charge is 0.341 e. The molecule has 0 aliphatic carbocycles. The Kier molecular flexibility index (Phi) is 111. The zero-order valence-electron chi connectivity index (χ0n) is 59.9. The highest BCUT2D eigenvalue weighted by molar-refractivity contribution is 5.06. The van der Waals surface area contributed by atoms with Crippen LogP contribution in [0, 0.1) is 55.4 Å². The van der Waals surface area contributed by atoms with E-state index in [1.807, 2.05) is 286 Å². The molecule has 0 fully saturated rings. The molecule has 0 amide bonds. The van der Waals surface area contributed by atoms with Gasteiger partial charge in [-0.3, -0.25) is 30.0 Å². The number of hydrogen-bond donors (Lipinski definition) is 1. The first-order chi connectivity index (χ1) is 42.4. The van der Waals surface area contributed by atoms with Crippen molar-refractivity contribution in [3.8, 4) is 0 Å². The molecule has 0 saturated heterocycles. The van der Waals surface area contributed by atoms with E-state index in [0.717, 1.165) is 34.4 Å². The molecule has 0 unspecified atom stereocenters. The Bertz CT molecular complexity index is 2030. The Morgan fingerprint density at radius 3 is 1.01 bits per heavy atom. The van der Waals surface area contributed by atoms with E-state index >= 15 is 0 Å². The maximum absolute atomic E-state index is 3.98. The second kappa shape index (κ2) is 96.4. The maximum atomic E-state index is 3.98. The minimum atomic E-state index is 0.822. The fourth-order valence-corrected chi connectivity index (χ4v) is 3.65. The van der Waals surface area contributed by atoms with Crippen LogP contribution in [-0.2, 0) is 14.1 Å². The van der Waals surface area contributed by atoms with Crippen LogP contribution in [0.25, 0.3) is 0 Å². The van der Waals surface area contributed by atoms with E-state index in [9.17, 15) is 0 Å². The molecule has 488 valence electrons. The number of pyridine rings is 3. The van der Waals surface area contributed by atoms with E-state index < -0.39 is 0 Å². The van der Waals surface area contributed by atoms with E-state index in [0.29, 0.717) is 0 Å². The lowest BCUT2D eigenvalue weighted by molar-refractivity contribution is 0.910. The first-order valence-corrected chi connectivity index (χ1v) is 30.5. The predicted octanol–water partition coefficient (Wildman–Crippen LogP) is 17.9. The van der Waals surface area contributed by atoms with E-state index in [4.69, 9.17) is 0 Å². The van der Waals surface area contributed by atoms with Crippen LogP contribution in [0.1, 0.15) is 184 Å². The van der Waals surface area contributed by atoms with Crippen molar-refractivity contribution in [2.45, 2.75) is 194 Å². The van der Waals surface area contributed by atoms with Crippen LogP contribution < -0.4 is 0 Å². The van der Waals surface area contributed by atoms with E-state index in [1.165, 1.54) is 23.8 Å². The normalized spacial score (nSPS) is 7.43. The van der Waals surface area contributed by atoms with Crippen molar-refractivity contribution in [2.75, 3.05) is 0 Å². The predicted molar refractivity (Wildman–Crippen MR) is 373 cm³/mol. The molecule has 10 rings (SSSR count). The molecule has 10 aromatic rings. The molecule has 10 heterocycles. The van der Waals surface area contributed by atoms with Gasteiger partial charge in [-0.25, -0.2) is 29.9 Å². The minimum absolute atomic E-state index is 0.822. The standard InChI is InChI=1S/3C6H7N.4C5H6N2.C4H6N2.2C3H5N3.10C2H6/c1-6-2-4-7-5-3-6;1-6-3-2-4-7-5-6;1-6-4-2-3-5-7-6;1-5-4-6-2-3-7-5;1-5-2-3-6-4-7-5;1-5-6-3-2-4-7-5;1-5-3-2-4-6-7-5;1-6-3-2-5-4-6;1-6-2-4-5-3-6;1-3-4-2-5-6-3;10*1-2/h3*2-5H,1H3;4*2-4H,1H3;2-4H,1H3;2-3H,1H3;2H,1H3,(H,4,5,6);10*1-2H3. The number of hydrogen-bond acceptors (Lipinski definition) is 16. The summed E-state index contributed by atoms with van der Waals surface area (Å²) < 4.78 is 3.67. The van der Waals surface area contributed by atoms with E-state index in [2.05, 4.69) is 85.4 Å². The lowest BCUT2D eigenvalue weighted by Crippen LogP contribution is -1.80. The number of aromatic amines is 1. The molecular formula is C68H121N19. The SMILES string of the molecule is CC.CC.CC.CC.CC.CC.CC.CC.CC.CC.Cc1ccccn1.Cc1cccnc1.Cc1cccnn1.Cc1ccncc1.Cc1ccncn1.Cc1cnccn1.Cc1ncccn1.Cc1ncn[nH]1.Cn1ccnc1.Cn1cnnc1. The van der Waals surface area contributed by atoms with Crippen LogP contribution in [0.15, 0.2) is 185 Å². The summed E-state index contributed by atoms with van der Waals surface area (Å²) in [5.74, 6) is 1.68. The van der Waals surface area contributed by atoms with Crippen molar-refractivity contribution in [3.63, 3.8) is 0 Å². The van der Waals surface area contributed by atoms with Crippen molar-refractivity contribution < 1.29 is 0 Å². The molecule has 0 spiro atoms. The lowest BCUT2D eigenvalue weighted by Gasteiger charge is -1.82. The van der Waals surface area contributed by atoms with Crippen LogP contribution >= 0.6 is 0 Å². The maximum Gasteiger partial charge on any atom is 0.137 e. The summed E-state index contributed by atoms with van der Waals surface area (Å²) >= 11 is 0. The van der Waals surface area contributed by atoms with Gasteiger partial charge in [0.25, 0.3) is 0 Å². The van der Waals surface area contributed by atoms with E-state index in [1.54, 1.807) is 104 Å². The summed E-state index contributed by atoms with van der Waals surface area (Å²) in [6, 6.07) is 21.2. The van der Waals surface area contributed by atoms with Crippen LogP contribution in [0.3, 0.4) is 0 Å². The average molecular weight is 1200 g/mol. The zero-order valence-corrected chi connectivity index (χ0v) is 59.9. The smallest absolute Gasteiger partial charge is 0.137 e. The molecule has 19 nitrogen and oxygen atoms in total.